The molecule has 0 spiro atoms. The van der Waals surface area contributed by atoms with Gasteiger partial charge in [0.05, 0.1) is 16.1 Å². The van der Waals surface area contributed by atoms with Crippen LogP contribution in [0.5, 0.6) is 0 Å². The minimum absolute atomic E-state index is 0.0541. The van der Waals surface area contributed by atoms with E-state index in [1.54, 1.807) is 36.4 Å². The lowest BCUT2D eigenvalue weighted by Crippen LogP contribution is -2.18. The number of carboxylic acids is 1. The Labute approximate surface area is 176 Å². The van der Waals surface area contributed by atoms with Gasteiger partial charge in [-0.05, 0) is 54.8 Å². The zero-order valence-electron chi connectivity index (χ0n) is 15.7. The lowest BCUT2D eigenvalue weighted by molar-refractivity contribution is 0.0654. The van der Waals surface area contributed by atoms with E-state index in [0.717, 1.165) is 8.87 Å². The van der Waals surface area contributed by atoms with Gasteiger partial charge in [0.15, 0.2) is 6.10 Å². The summed E-state index contributed by atoms with van der Waals surface area (Å²) in [5, 5.41) is 20.6. The average Bonchev–Trinajstić information content (AvgIpc) is 3.39. The van der Waals surface area contributed by atoms with E-state index in [9.17, 15) is 18.3 Å². The van der Waals surface area contributed by atoms with Gasteiger partial charge in [-0.15, -0.1) is 11.8 Å². The number of carboxylic acid groups (broad SMARTS) is 1. The highest BCUT2D eigenvalue weighted by Crippen LogP contribution is 2.34. The number of hydrogen-bond acceptors (Lipinski definition) is 6. The third-order valence-corrected chi connectivity index (χ3v) is 7.14. The van der Waals surface area contributed by atoms with E-state index in [2.05, 4.69) is 0 Å². The van der Waals surface area contributed by atoms with E-state index < -0.39 is 22.1 Å². The van der Waals surface area contributed by atoms with Crippen LogP contribution in [0.4, 0.5) is 0 Å². The Balaban J connectivity index is 1.96. The van der Waals surface area contributed by atoms with Crippen molar-refractivity contribution in [3.05, 3.63) is 83.9 Å². The summed E-state index contributed by atoms with van der Waals surface area (Å²) in [5.41, 5.74) is 0.453. The summed E-state index contributed by atoms with van der Waals surface area (Å²) in [6, 6.07) is 17.3. The summed E-state index contributed by atoms with van der Waals surface area (Å²) in [6.45, 7) is 0. The molecule has 4 rings (SSSR count). The topological polar surface area (TPSA) is 110 Å². The number of aliphatic hydroxyl groups excluding tert-OH is 1. The predicted octanol–water partition coefficient (Wildman–Crippen LogP) is 3.97. The number of aromatic carboxylic acids is 1. The number of fused-ring (bicyclic) bond motifs is 1. The number of aromatic nitrogens is 1. The second kappa shape index (κ2) is 7.67. The van der Waals surface area contributed by atoms with E-state index in [4.69, 9.17) is 9.52 Å². The molecule has 2 N–H and O–H groups in total. The first-order valence-electron chi connectivity index (χ1n) is 8.84. The summed E-state index contributed by atoms with van der Waals surface area (Å²) >= 11 is 1.51. The molecule has 0 fully saturated rings. The van der Waals surface area contributed by atoms with Crippen molar-refractivity contribution in [3.63, 3.8) is 0 Å². The van der Waals surface area contributed by atoms with Crippen molar-refractivity contribution in [2.45, 2.75) is 15.9 Å². The van der Waals surface area contributed by atoms with Crippen molar-refractivity contribution in [2.75, 3.05) is 6.26 Å². The maximum atomic E-state index is 13.5. The van der Waals surface area contributed by atoms with Crippen LogP contribution < -0.4 is 0 Å². The Morgan fingerprint density at radius 3 is 2.43 bits per heavy atom. The highest BCUT2D eigenvalue weighted by atomic mass is 32.2. The maximum Gasteiger partial charge on any atom is 0.371 e. The SMILES string of the molecule is CSc1ccc2c(c1)cc(C(O)c1ccc(C(=O)O)o1)n2S(=O)(=O)c1ccccc1. The number of nitrogens with zero attached hydrogens (tertiary/aromatic N) is 1. The standard InChI is InChI=1S/C21H17NO6S2/c1-29-14-7-8-16-13(11-14)12-17(20(23)18-9-10-19(28-18)21(24)25)22(16)30(26,27)15-5-3-2-4-6-15/h2-12,20,23H,1H3,(H,24,25). The number of hydrogen-bond donors (Lipinski definition) is 2. The number of carbonyl (C=O) groups is 1. The van der Waals surface area contributed by atoms with E-state index in [-0.39, 0.29) is 22.1 Å². The average molecular weight is 444 g/mol. The molecule has 30 heavy (non-hydrogen) atoms. The highest BCUT2D eigenvalue weighted by molar-refractivity contribution is 7.98. The molecule has 9 heteroatoms. The van der Waals surface area contributed by atoms with E-state index in [0.29, 0.717) is 10.9 Å². The molecule has 0 amide bonds. The first kappa shape index (κ1) is 20.3. The zero-order chi connectivity index (χ0) is 21.5. The fraction of sp³-hybridized carbons (Fsp3) is 0.0952. The van der Waals surface area contributed by atoms with Crippen molar-refractivity contribution in [2.24, 2.45) is 0 Å². The van der Waals surface area contributed by atoms with Crippen LogP contribution in [0, 0.1) is 0 Å². The van der Waals surface area contributed by atoms with Gasteiger partial charge in [0.2, 0.25) is 5.76 Å². The van der Waals surface area contributed by atoms with Crippen LogP contribution in [0.25, 0.3) is 10.9 Å². The Bertz CT molecular complexity index is 1340. The number of rotatable bonds is 6. The summed E-state index contributed by atoms with van der Waals surface area (Å²) in [6.07, 6.45) is 0.423. The minimum Gasteiger partial charge on any atom is -0.475 e. The number of aliphatic hydroxyl groups is 1. The summed E-state index contributed by atoms with van der Waals surface area (Å²) in [7, 11) is -4.04. The molecule has 0 radical (unpaired) electrons. The van der Waals surface area contributed by atoms with Gasteiger partial charge in [-0.2, -0.15) is 0 Å². The number of thioether (sulfide) groups is 1. The molecular formula is C21H17NO6S2. The molecule has 0 saturated heterocycles. The fourth-order valence-corrected chi connectivity index (χ4v) is 5.25. The van der Waals surface area contributed by atoms with Gasteiger partial charge in [-0.25, -0.2) is 17.2 Å². The quantitative estimate of drug-likeness (QED) is 0.434. The van der Waals surface area contributed by atoms with Gasteiger partial charge >= 0.3 is 5.97 Å². The predicted molar refractivity (Wildman–Crippen MR) is 112 cm³/mol. The lowest BCUT2D eigenvalue weighted by Gasteiger charge is -2.15. The molecule has 154 valence electrons. The van der Waals surface area contributed by atoms with Crippen LogP contribution in [0.3, 0.4) is 0 Å². The Kier molecular flexibility index (Phi) is 5.19. The van der Waals surface area contributed by atoms with E-state index >= 15 is 0 Å². The van der Waals surface area contributed by atoms with Crippen molar-refractivity contribution >= 4 is 38.7 Å². The van der Waals surface area contributed by atoms with Crippen LogP contribution in [0.1, 0.15) is 28.1 Å². The maximum absolute atomic E-state index is 13.5. The van der Waals surface area contributed by atoms with Crippen LogP contribution >= 0.6 is 11.8 Å². The Hall–Kier alpha value is -3.01. The van der Waals surface area contributed by atoms with Gasteiger partial charge in [-0.3, -0.25) is 0 Å². The zero-order valence-corrected chi connectivity index (χ0v) is 17.4. The van der Waals surface area contributed by atoms with E-state index in [1.807, 2.05) is 12.3 Å². The van der Waals surface area contributed by atoms with Gasteiger partial charge in [0, 0.05) is 10.3 Å². The highest BCUT2D eigenvalue weighted by Gasteiger charge is 2.29. The van der Waals surface area contributed by atoms with Crippen LogP contribution in [0.15, 0.2) is 80.9 Å². The third-order valence-electron chi connectivity index (χ3n) is 4.66. The Morgan fingerprint density at radius 2 is 1.80 bits per heavy atom. The van der Waals surface area contributed by atoms with Gasteiger partial charge < -0.3 is 14.6 Å². The second-order valence-corrected chi connectivity index (χ2v) is 9.15. The minimum atomic E-state index is -4.04. The molecule has 0 aliphatic heterocycles. The molecule has 0 aliphatic carbocycles. The first-order valence-corrected chi connectivity index (χ1v) is 11.5. The summed E-state index contributed by atoms with van der Waals surface area (Å²) in [4.78, 5) is 12.1. The van der Waals surface area contributed by atoms with Crippen molar-refractivity contribution < 1.29 is 27.8 Å². The number of benzene rings is 2. The van der Waals surface area contributed by atoms with Crippen LogP contribution in [-0.2, 0) is 10.0 Å². The lowest BCUT2D eigenvalue weighted by atomic mass is 10.2. The third kappa shape index (κ3) is 3.41. The molecular weight excluding hydrogens is 426 g/mol. The number of furan rings is 1. The monoisotopic (exact) mass is 443 g/mol. The second-order valence-electron chi connectivity index (χ2n) is 6.49. The van der Waals surface area contributed by atoms with E-state index in [1.165, 1.54) is 36.0 Å². The van der Waals surface area contributed by atoms with Crippen molar-refractivity contribution in [1.29, 1.82) is 0 Å². The smallest absolute Gasteiger partial charge is 0.371 e. The molecule has 1 atom stereocenters. The largest absolute Gasteiger partial charge is 0.475 e. The fourth-order valence-electron chi connectivity index (χ4n) is 3.23. The van der Waals surface area contributed by atoms with Gasteiger partial charge in [-0.1, -0.05) is 18.2 Å². The summed E-state index contributed by atoms with van der Waals surface area (Å²) in [5.74, 6) is -1.69. The van der Waals surface area contributed by atoms with Crippen molar-refractivity contribution in [1.82, 2.24) is 3.97 Å². The van der Waals surface area contributed by atoms with Gasteiger partial charge in [0.25, 0.3) is 10.0 Å². The molecule has 0 aliphatic rings. The molecule has 1 unspecified atom stereocenters. The molecule has 2 heterocycles. The normalized spacial score (nSPS) is 12.9. The molecule has 7 nitrogen and oxygen atoms in total. The molecule has 0 bridgehead atoms. The van der Waals surface area contributed by atoms with Crippen molar-refractivity contribution in [3.8, 4) is 0 Å². The molecule has 2 aromatic carbocycles. The molecule has 2 aromatic heterocycles. The Morgan fingerprint density at radius 1 is 1.07 bits per heavy atom. The van der Waals surface area contributed by atoms with Crippen LogP contribution in [0.2, 0.25) is 0 Å². The summed E-state index contributed by atoms with van der Waals surface area (Å²) < 4.78 is 33.2. The first-order chi connectivity index (χ1) is 14.3. The van der Waals surface area contributed by atoms with Crippen LogP contribution in [-0.4, -0.2) is 34.8 Å². The molecule has 4 aromatic rings. The molecule has 0 saturated carbocycles. The van der Waals surface area contributed by atoms with Gasteiger partial charge in [0.1, 0.15) is 5.76 Å².